The van der Waals surface area contributed by atoms with Crippen LogP contribution in [0.4, 0.5) is 4.39 Å². The van der Waals surface area contributed by atoms with Crippen molar-refractivity contribution in [1.82, 2.24) is 14.9 Å². The maximum absolute atomic E-state index is 13.7. The van der Waals surface area contributed by atoms with Crippen molar-refractivity contribution >= 4 is 16.8 Å². The van der Waals surface area contributed by atoms with Gasteiger partial charge in [0.15, 0.2) is 0 Å². The number of H-pyrrole nitrogens is 1. The minimum absolute atomic E-state index is 0.183. The molecule has 28 heavy (non-hydrogen) atoms. The Morgan fingerprint density at radius 1 is 1.11 bits per heavy atom. The fourth-order valence-corrected chi connectivity index (χ4v) is 4.13. The van der Waals surface area contributed by atoms with Gasteiger partial charge in [0.1, 0.15) is 5.82 Å². The molecule has 0 saturated carbocycles. The van der Waals surface area contributed by atoms with Gasteiger partial charge in [0.25, 0.3) is 5.91 Å². The molecule has 1 aliphatic rings. The van der Waals surface area contributed by atoms with Crippen molar-refractivity contribution in [2.75, 3.05) is 6.54 Å². The number of halogens is 1. The normalized spacial score (nSPS) is 16.2. The second-order valence-electron chi connectivity index (χ2n) is 7.01. The Labute approximate surface area is 161 Å². The number of benzene rings is 2. The summed E-state index contributed by atoms with van der Waals surface area (Å²) in [7, 11) is 0. The smallest absolute Gasteiger partial charge is 0.254 e. The molecule has 2 aromatic heterocycles. The Kier molecular flexibility index (Phi) is 3.93. The summed E-state index contributed by atoms with van der Waals surface area (Å²) >= 11 is 0. The number of nitrogens with one attached hydrogen (secondary N) is 1. The van der Waals surface area contributed by atoms with Crippen LogP contribution in [0.1, 0.15) is 33.2 Å². The molecule has 4 nitrogen and oxygen atoms in total. The number of amides is 1. The second-order valence-corrected chi connectivity index (χ2v) is 7.01. The average molecular weight is 371 g/mol. The maximum Gasteiger partial charge on any atom is 0.254 e. The molecule has 1 amide bonds. The number of fused-ring (bicyclic) bond motifs is 3. The number of carbonyl (C=O) groups excluding carboxylic acids is 1. The molecule has 1 atom stereocenters. The highest BCUT2D eigenvalue weighted by atomic mass is 19.1. The SMILES string of the molecule is O=C(c1cccc(F)c1)N1CCc2c([nH]c3ccccc23)C1c1cccnc1. The summed E-state index contributed by atoms with van der Waals surface area (Å²) in [6.45, 7) is 0.559. The number of hydrogen-bond acceptors (Lipinski definition) is 2. The Morgan fingerprint density at radius 3 is 2.82 bits per heavy atom. The van der Waals surface area contributed by atoms with Gasteiger partial charge in [-0.2, -0.15) is 0 Å². The topological polar surface area (TPSA) is 49.0 Å². The number of para-hydroxylation sites is 1. The van der Waals surface area contributed by atoms with E-state index >= 15 is 0 Å². The van der Waals surface area contributed by atoms with Gasteiger partial charge >= 0.3 is 0 Å². The third-order valence-corrected chi connectivity index (χ3v) is 5.37. The molecule has 1 unspecified atom stereocenters. The number of pyridine rings is 1. The summed E-state index contributed by atoms with van der Waals surface area (Å²) in [6.07, 6.45) is 4.26. The highest BCUT2D eigenvalue weighted by Gasteiger charge is 2.35. The lowest BCUT2D eigenvalue weighted by Crippen LogP contribution is -2.40. The van der Waals surface area contributed by atoms with Gasteiger partial charge in [-0.3, -0.25) is 9.78 Å². The highest BCUT2D eigenvalue weighted by molar-refractivity contribution is 5.95. The highest BCUT2D eigenvalue weighted by Crippen LogP contribution is 2.38. The van der Waals surface area contributed by atoms with Crippen molar-refractivity contribution in [3.63, 3.8) is 0 Å². The second kappa shape index (κ2) is 6.60. The Hall–Kier alpha value is -3.47. The minimum atomic E-state index is -0.410. The van der Waals surface area contributed by atoms with Crippen LogP contribution in [0.5, 0.6) is 0 Å². The van der Waals surface area contributed by atoms with Gasteiger partial charge in [0, 0.05) is 41.1 Å². The molecule has 138 valence electrons. The molecule has 0 spiro atoms. The molecule has 5 rings (SSSR count). The van der Waals surface area contributed by atoms with Gasteiger partial charge in [-0.1, -0.05) is 30.3 Å². The van der Waals surface area contributed by atoms with Crippen molar-refractivity contribution in [1.29, 1.82) is 0 Å². The van der Waals surface area contributed by atoms with Crippen LogP contribution in [0, 0.1) is 5.82 Å². The molecular weight excluding hydrogens is 353 g/mol. The average Bonchev–Trinajstić information content (AvgIpc) is 3.12. The fraction of sp³-hybridized carbons (Fsp3) is 0.130. The molecule has 0 fully saturated rings. The van der Waals surface area contributed by atoms with E-state index in [2.05, 4.69) is 16.0 Å². The largest absolute Gasteiger partial charge is 0.356 e. The minimum Gasteiger partial charge on any atom is -0.356 e. The first-order valence-electron chi connectivity index (χ1n) is 9.28. The molecule has 4 aromatic rings. The van der Waals surface area contributed by atoms with Crippen molar-refractivity contribution < 1.29 is 9.18 Å². The van der Waals surface area contributed by atoms with E-state index in [1.54, 1.807) is 24.5 Å². The number of carbonyl (C=O) groups is 1. The lowest BCUT2D eigenvalue weighted by atomic mass is 9.92. The number of aromatic nitrogens is 2. The van der Waals surface area contributed by atoms with E-state index < -0.39 is 5.82 Å². The Balaban J connectivity index is 1.66. The first kappa shape index (κ1) is 16.7. The Morgan fingerprint density at radius 2 is 2.00 bits per heavy atom. The van der Waals surface area contributed by atoms with Gasteiger partial charge < -0.3 is 9.88 Å². The number of aromatic amines is 1. The van der Waals surface area contributed by atoms with E-state index in [0.29, 0.717) is 12.1 Å². The molecule has 5 heteroatoms. The van der Waals surface area contributed by atoms with E-state index in [1.165, 1.54) is 23.1 Å². The molecule has 1 N–H and O–H groups in total. The van der Waals surface area contributed by atoms with E-state index in [1.807, 2.05) is 35.2 Å². The first-order chi connectivity index (χ1) is 13.7. The summed E-state index contributed by atoms with van der Waals surface area (Å²) in [4.78, 5) is 22.9. The lowest BCUT2D eigenvalue weighted by Gasteiger charge is -2.36. The standard InChI is InChI=1S/C23H18FN3O/c24-17-7-3-5-15(13-17)23(28)27-12-10-19-18-8-1-2-9-20(18)26-21(19)22(27)16-6-4-11-25-14-16/h1-9,11,13-14,22,26H,10,12H2. The van der Waals surface area contributed by atoms with E-state index in [0.717, 1.165) is 23.2 Å². The quantitative estimate of drug-likeness (QED) is 0.564. The number of nitrogens with zero attached hydrogens (tertiary/aromatic N) is 2. The number of hydrogen-bond donors (Lipinski definition) is 1. The van der Waals surface area contributed by atoms with Gasteiger partial charge in [0.05, 0.1) is 6.04 Å². The van der Waals surface area contributed by atoms with Crippen LogP contribution in [-0.4, -0.2) is 27.3 Å². The number of rotatable bonds is 2. The summed E-state index contributed by atoms with van der Waals surface area (Å²) in [5.41, 5.74) is 4.58. The van der Waals surface area contributed by atoms with Gasteiger partial charge in [-0.15, -0.1) is 0 Å². The van der Waals surface area contributed by atoms with Crippen LogP contribution in [-0.2, 0) is 6.42 Å². The van der Waals surface area contributed by atoms with Crippen LogP contribution in [0.15, 0.2) is 73.1 Å². The molecule has 0 aliphatic carbocycles. The van der Waals surface area contributed by atoms with Gasteiger partial charge in [-0.05, 0) is 47.9 Å². The van der Waals surface area contributed by atoms with Crippen molar-refractivity contribution in [2.24, 2.45) is 0 Å². The lowest BCUT2D eigenvalue weighted by molar-refractivity contribution is 0.0691. The summed E-state index contributed by atoms with van der Waals surface area (Å²) in [5.74, 6) is -0.593. The van der Waals surface area contributed by atoms with Crippen LogP contribution in [0.25, 0.3) is 10.9 Å². The van der Waals surface area contributed by atoms with E-state index in [4.69, 9.17) is 0 Å². The molecule has 0 saturated heterocycles. The van der Waals surface area contributed by atoms with Crippen LogP contribution >= 0.6 is 0 Å². The van der Waals surface area contributed by atoms with Crippen molar-refractivity contribution in [3.8, 4) is 0 Å². The zero-order valence-corrected chi connectivity index (χ0v) is 15.1. The third-order valence-electron chi connectivity index (χ3n) is 5.37. The summed E-state index contributed by atoms with van der Waals surface area (Å²) in [6, 6.07) is 17.6. The Bertz CT molecular complexity index is 1170. The molecule has 0 radical (unpaired) electrons. The van der Waals surface area contributed by atoms with Crippen LogP contribution < -0.4 is 0 Å². The molecule has 1 aliphatic heterocycles. The molecular formula is C23H18FN3O. The maximum atomic E-state index is 13.7. The molecule has 3 heterocycles. The molecule has 2 aromatic carbocycles. The van der Waals surface area contributed by atoms with Crippen LogP contribution in [0.2, 0.25) is 0 Å². The van der Waals surface area contributed by atoms with E-state index in [9.17, 15) is 9.18 Å². The van der Waals surface area contributed by atoms with Crippen molar-refractivity contribution in [2.45, 2.75) is 12.5 Å². The van der Waals surface area contributed by atoms with Gasteiger partial charge in [0.2, 0.25) is 0 Å². The summed E-state index contributed by atoms with van der Waals surface area (Å²) < 4.78 is 13.7. The van der Waals surface area contributed by atoms with Crippen LogP contribution in [0.3, 0.4) is 0 Å². The first-order valence-corrected chi connectivity index (χ1v) is 9.28. The monoisotopic (exact) mass is 371 g/mol. The molecule has 0 bridgehead atoms. The third kappa shape index (κ3) is 2.67. The summed E-state index contributed by atoms with van der Waals surface area (Å²) in [5, 5.41) is 1.18. The van der Waals surface area contributed by atoms with E-state index in [-0.39, 0.29) is 11.9 Å². The predicted octanol–water partition coefficient (Wildman–Crippen LogP) is 4.49. The van der Waals surface area contributed by atoms with Gasteiger partial charge in [-0.25, -0.2) is 4.39 Å². The van der Waals surface area contributed by atoms with Crippen molar-refractivity contribution in [3.05, 3.63) is 101 Å². The zero-order valence-electron chi connectivity index (χ0n) is 15.1. The fourth-order valence-electron chi connectivity index (χ4n) is 4.13. The zero-order chi connectivity index (χ0) is 19.1. The predicted molar refractivity (Wildman–Crippen MR) is 106 cm³/mol.